The van der Waals surface area contributed by atoms with Crippen molar-refractivity contribution in [1.82, 2.24) is 20.4 Å². The molecule has 1 aromatic rings. The van der Waals surface area contributed by atoms with Crippen LogP contribution in [0.2, 0.25) is 0 Å². The van der Waals surface area contributed by atoms with Crippen LogP contribution in [0.4, 0.5) is 0 Å². The average molecular weight is 587 g/mol. The van der Waals surface area contributed by atoms with E-state index in [1.807, 2.05) is 0 Å². The van der Waals surface area contributed by atoms with Gasteiger partial charge >= 0.3 is 5.97 Å². The number of ketones is 1. The number of benzene rings is 1. The number of imide groups is 1. The van der Waals surface area contributed by atoms with Crippen LogP contribution in [0.5, 0.6) is 0 Å². The summed E-state index contributed by atoms with van der Waals surface area (Å²) in [6, 6.07) is 3.50. The van der Waals surface area contributed by atoms with Gasteiger partial charge in [-0.25, -0.2) is 4.79 Å². The van der Waals surface area contributed by atoms with Crippen molar-refractivity contribution in [3.05, 3.63) is 35.4 Å². The second-order valence-corrected chi connectivity index (χ2v) is 11.2. The molecule has 42 heavy (non-hydrogen) atoms. The molecular formula is C30H42N4O8. The van der Waals surface area contributed by atoms with E-state index in [9.17, 15) is 28.8 Å². The predicted octanol–water partition coefficient (Wildman–Crippen LogP) is 1.18. The minimum atomic E-state index is -1.02. The fourth-order valence-electron chi connectivity index (χ4n) is 5.32. The van der Waals surface area contributed by atoms with E-state index in [0.717, 1.165) is 0 Å². The normalized spacial score (nSPS) is 18.8. The summed E-state index contributed by atoms with van der Waals surface area (Å²) in [6.45, 7) is 11.1. The van der Waals surface area contributed by atoms with Crippen molar-refractivity contribution in [2.24, 2.45) is 11.8 Å². The third-order valence-corrected chi connectivity index (χ3v) is 7.51. The maximum atomic E-state index is 13.3. The highest BCUT2D eigenvalue weighted by molar-refractivity contribution is 6.35. The van der Waals surface area contributed by atoms with Crippen molar-refractivity contribution in [2.75, 3.05) is 39.5 Å². The van der Waals surface area contributed by atoms with Crippen LogP contribution in [0.1, 0.15) is 68.2 Å². The number of esters is 1. The number of ether oxygens (including phenoxy) is 2. The van der Waals surface area contributed by atoms with Gasteiger partial charge in [0, 0.05) is 24.2 Å². The molecule has 3 atom stereocenters. The van der Waals surface area contributed by atoms with E-state index in [-0.39, 0.29) is 29.9 Å². The number of morpholine rings is 1. The van der Waals surface area contributed by atoms with Crippen molar-refractivity contribution < 1.29 is 38.2 Å². The Kier molecular flexibility index (Phi) is 11.7. The Labute approximate surface area is 246 Å². The molecule has 0 aromatic heterocycles. The number of Topliss-reactive ketones (excluding diaryl/α,β-unsaturated/α-hetero) is 1. The number of nitrogens with one attached hydrogen (secondary N) is 2. The number of likely N-dealkylation sites (tertiary alicyclic amines) is 1. The quantitative estimate of drug-likeness (QED) is 0.288. The average Bonchev–Trinajstić information content (AvgIpc) is 3.45. The minimum absolute atomic E-state index is 0.0623. The topological polar surface area (TPSA) is 151 Å². The van der Waals surface area contributed by atoms with E-state index in [4.69, 9.17) is 9.47 Å². The lowest BCUT2D eigenvalue weighted by molar-refractivity contribution is -0.157. The molecule has 12 nitrogen and oxygen atoms in total. The van der Waals surface area contributed by atoms with Crippen LogP contribution in [0.15, 0.2) is 24.3 Å². The first-order valence-corrected chi connectivity index (χ1v) is 14.6. The van der Waals surface area contributed by atoms with Gasteiger partial charge in [-0.05, 0) is 62.4 Å². The standard InChI is InChI=1S/C30H42N4O8/c1-6-42-30(40)25(35)24(19(4)5)34-13-7-8-22(34)27(37)32-28(38)23(18(2)3)31-26(36)20-9-11-21(12-10-20)29(39)33-14-16-41-17-15-33/h9-12,18-19,22-24H,6-8,13-17H2,1-5H3,(H,31,36)(H,32,37,38)/t22-,23-,24?/m0/s1. The highest BCUT2D eigenvalue weighted by Crippen LogP contribution is 2.25. The lowest BCUT2D eigenvalue weighted by Gasteiger charge is -2.33. The van der Waals surface area contributed by atoms with Crippen molar-refractivity contribution in [3.8, 4) is 0 Å². The molecule has 4 amide bonds. The molecule has 0 bridgehead atoms. The zero-order chi connectivity index (χ0) is 31.0. The smallest absolute Gasteiger partial charge is 0.376 e. The van der Waals surface area contributed by atoms with Crippen LogP contribution in [0, 0.1) is 11.8 Å². The highest BCUT2D eigenvalue weighted by atomic mass is 16.5. The van der Waals surface area contributed by atoms with Crippen molar-refractivity contribution in [1.29, 1.82) is 0 Å². The van der Waals surface area contributed by atoms with E-state index < -0.39 is 47.6 Å². The molecule has 1 unspecified atom stereocenters. The second kappa shape index (κ2) is 15.0. The van der Waals surface area contributed by atoms with Gasteiger partial charge in [0.05, 0.1) is 31.9 Å². The van der Waals surface area contributed by atoms with Gasteiger partial charge < -0.3 is 19.7 Å². The molecule has 2 N–H and O–H groups in total. The molecule has 0 radical (unpaired) electrons. The first-order chi connectivity index (χ1) is 20.0. The molecule has 0 spiro atoms. The molecule has 0 aliphatic carbocycles. The van der Waals surface area contributed by atoms with E-state index >= 15 is 0 Å². The largest absolute Gasteiger partial charge is 0.460 e. The maximum absolute atomic E-state index is 13.3. The van der Waals surface area contributed by atoms with Gasteiger partial charge in [-0.1, -0.05) is 27.7 Å². The molecule has 2 heterocycles. The molecule has 2 aliphatic rings. The third kappa shape index (κ3) is 8.01. The van der Waals surface area contributed by atoms with Gasteiger partial charge in [-0.2, -0.15) is 0 Å². The summed E-state index contributed by atoms with van der Waals surface area (Å²) < 4.78 is 10.2. The number of nitrogens with zero attached hydrogens (tertiary/aromatic N) is 2. The molecule has 2 fully saturated rings. The fourth-order valence-corrected chi connectivity index (χ4v) is 5.32. The molecular weight excluding hydrogens is 544 g/mol. The molecule has 2 saturated heterocycles. The SMILES string of the molecule is CCOC(=O)C(=O)C(C(C)C)N1CCC[C@H]1C(=O)NC(=O)[C@@H](NC(=O)c1ccc(C(=O)N2CCOCC2)cc1)C(C)C. The molecule has 12 heteroatoms. The van der Waals surface area contributed by atoms with Crippen molar-refractivity contribution in [2.45, 2.75) is 65.6 Å². The summed E-state index contributed by atoms with van der Waals surface area (Å²) in [6.07, 6.45) is 1.02. The third-order valence-electron chi connectivity index (χ3n) is 7.51. The zero-order valence-electron chi connectivity index (χ0n) is 25.0. The van der Waals surface area contributed by atoms with Gasteiger partial charge in [-0.3, -0.25) is 34.2 Å². The first-order valence-electron chi connectivity index (χ1n) is 14.6. The zero-order valence-corrected chi connectivity index (χ0v) is 25.0. The summed E-state index contributed by atoms with van der Waals surface area (Å²) >= 11 is 0. The van der Waals surface area contributed by atoms with E-state index in [1.165, 1.54) is 12.1 Å². The van der Waals surface area contributed by atoms with Crippen LogP contribution < -0.4 is 10.6 Å². The Bertz CT molecular complexity index is 1160. The van der Waals surface area contributed by atoms with E-state index in [0.29, 0.717) is 51.3 Å². The first kappa shape index (κ1) is 32.9. The predicted molar refractivity (Wildman–Crippen MR) is 152 cm³/mol. The van der Waals surface area contributed by atoms with Crippen LogP contribution >= 0.6 is 0 Å². The monoisotopic (exact) mass is 586 g/mol. The van der Waals surface area contributed by atoms with Gasteiger partial charge in [0.1, 0.15) is 6.04 Å². The number of carbonyl (C=O) groups excluding carboxylic acids is 6. The summed E-state index contributed by atoms with van der Waals surface area (Å²) in [5.74, 6) is -4.22. The van der Waals surface area contributed by atoms with Gasteiger partial charge in [0.15, 0.2) is 0 Å². The molecule has 2 aliphatic heterocycles. The Morgan fingerprint density at radius 3 is 2.12 bits per heavy atom. The van der Waals surface area contributed by atoms with Crippen molar-refractivity contribution in [3.63, 3.8) is 0 Å². The van der Waals surface area contributed by atoms with Gasteiger partial charge in [-0.15, -0.1) is 0 Å². The second-order valence-electron chi connectivity index (χ2n) is 11.2. The number of rotatable bonds is 11. The Morgan fingerprint density at radius 2 is 1.55 bits per heavy atom. The number of hydrogen-bond acceptors (Lipinski definition) is 9. The van der Waals surface area contributed by atoms with Gasteiger partial charge in [0.2, 0.25) is 11.8 Å². The number of carbonyl (C=O) groups is 6. The van der Waals surface area contributed by atoms with E-state index in [2.05, 4.69) is 10.6 Å². The Morgan fingerprint density at radius 1 is 0.929 bits per heavy atom. The lowest BCUT2D eigenvalue weighted by atomic mass is 9.96. The number of hydrogen-bond donors (Lipinski definition) is 2. The van der Waals surface area contributed by atoms with E-state index in [1.54, 1.807) is 56.6 Å². The Balaban J connectivity index is 1.65. The van der Waals surface area contributed by atoms with Crippen LogP contribution in [0.3, 0.4) is 0 Å². The van der Waals surface area contributed by atoms with Gasteiger partial charge in [0.25, 0.3) is 17.6 Å². The lowest BCUT2D eigenvalue weighted by Crippen LogP contribution is -2.57. The summed E-state index contributed by atoms with van der Waals surface area (Å²) in [4.78, 5) is 80.6. The molecule has 3 rings (SSSR count). The maximum Gasteiger partial charge on any atom is 0.376 e. The van der Waals surface area contributed by atoms with Crippen LogP contribution in [0.25, 0.3) is 0 Å². The fraction of sp³-hybridized carbons (Fsp3) is 0.600. The number of amides is 4. The van der Waals surface area contributed by atoms with Crippen molar-refractivity contribution >= 4 is 35.4 Å². The molecule has 230 valence electrons. The van der Waals surface area contributed by atoms with Crippen LogP contribution in [-0.2, 0) is 28.7 Å². The molecule has 1 aromatic carbocycles. The summed E-state index contributed by atoms with van der Waals surface area (Å²) in [7, 11) is 0. The molecule has 0 saturated carbocycles. The summed E-state index contributed by atoms with van der Waals surface area (Å²) in [5.41, 5.74) is 0.706. The minimum Gasteiger partial charge on any atom is -0.460 e. The highest BCUT2D eigenvalue weighted by Gasteiger charge is 2.43. The Hall–Kier alpha value is -3.64. The van der Waals surface area contributed by atoms with Crippen LogP contribution in [-0.4, -0.2) is 103 Å². The summed E-state index contributed by atoms with van der Waals surface area (Å²) in [5, 5.41) is 5.11.